The fourth-order valence-corrected chi connectivity index (χ4v) is 2.94. The molecule has 0 fully saturated rings. The average Bonchev–Trinajstić information content (AvgIpc) is 2.93. The topological polar surface area (TPSA) is 55.0 Å². The van der Waals surface area contributed by atoms with Gasteiger partial charge in [-0.3, -0.25) is 9.36 Å². The van der Waals surface area contributed by atoms with E-state index in [0.717, 1.165) is 5.56 Å². The third kappa shape index (κ3) is 3.22. The third-order valence-electron chi connectivity index (χ3n) is 4.11. The summed E-state index contributed by atoms with van der Waals surface area (Å²) in [6.07, 6.45) is 0. The molecule has 0 N–H and O–H groups in total. The van der Waals surface area contributed by atoms with Crippen LogP contribution in [0.5, 0.6) is 5.75 Å². The van der Waals surface area contributed by atoms with E-state index >= 15 is 0 Å². The van der Waals surface area contributed by atoms with Gasteiger partial charge in [-0.2, -0.15) is 5.26 Å². The molecule has 2 aromatic carbocycles. The monoisotopic (exact) mass is 348 g/mol. The minimum Gasteiger partial charge on any atom is -0.486 e. The smallest absolute Gasteiger partial charge is 0.176 e. The third-order valence-corrected chi connectivity index (χ3v) is 4.11. The van der Waals surface area contributed by atoms with E-state index in [9.17, 15) is 14.4 Å². The van der Waals surface area contributed by atoms with Crippen LogP contribution in [0.1, 0.15) is 34.2 Å². The molecule has 3 rings (SSSR count). The molecule has 26 heavy (non-hydrogen) atoms. The van der Waals surface area contributed by atoms with E-state index < -0.39 is 0 Å². The molecule has 0 bridgehead atoms. The predicted molar refractivity (Wildman–Crippen MR) is 96.0 cm³/mol. The quantitative estimate of drug-likeness (QED) is 0.634. The van der Waals surface area contributed by atoms with E-state index in [1.54, 1.807) is 6.92 Å². The Bertz CT molecular complexity index is 984. The number of aromatic nitrogens is 1. The molecule has 0 atom stereocenters. The Labute approximate surface area is 151 Å². The van der Waals surface area contributed by atoms with Gasteiger partial charge in [0.1, 0.15) is 18.5 Å². The number of nitrogens with zero attached hydrogens (tertiary/aromatic N) is 2. The average molecular weight is 348 g/mol. The number of rotatable bonds is 5. The van der Waals surface area contributed by atoms with Crippen molar-refractivity contribution in [3.63, 3.8) is 0 Å². The fourth-order valence-electron chi connectivity index (χ4n) is 2.94. The number of benzene rings is 2. The number of Topliss-reactive ketones (excluding diaryl/α,β-unsaturated/α-hetero) is 1. The van der Waals surface area contributed by atoms with Gasteiger partial charge >= 0.3 is 0 Å². The van der Waals surface area contributed by atoms with Gasteiger partial charge in [0.05, 0.1) is 5.69 Å². The first-order valence-electron chi connectivity index (χ1n) is 8.12. The Morgan fingerprint density at radius 2 is 1.81 bits per heavy atom. The van der Waals surface area contributed by atoms with E-state index in [1.165, 1.54) is 35.8 Å². The number of carbonyl (C=O) groups is 1. The maximum Gasteiger partial charge on any atom is 0.176 e. The van der Waals surface area contributed by atoms with Crippen LogP contribution in [0.15, 0.2) is 54.6 Å². The molecule has 0 saturated heterocycles. The van der Waals surface area contributed by atoms with E-state index in [-0.39, 0.29) is 23.9 Å². The van der Waals surface area contributed by atoms with Crippen molar-refractivity contribution >= 4 is 5.78 Å². The first kappa shape index (κ1) is 17.4. The summed E-state index contributed by atoms with van der Waals surface area (Å²) in [5.41, 5.74) is 2.65. The first-order valence-corrected chi connectivity index (χ1v) is 8.12. The van der Waals surface area contributed by atoms with Crippen molar-refractivity contribution in [2.75, 3.05) is 0 Å². The summed E-state index contributed by atoms with van der Waals surface area (Å²) in [4.78, 5) is 12.2. The van der Waals surface area contributed by atoms with Crippen LogP contribution in [0.25, 0.3) is 5.69 Å². The lowest BCUT2D eigenvalue weighted by atomic mass is 10.2. The van der Waals surface area contributed by atoms with Crippen molar-refractivity contribution in [3.05, 3.63) is 82.9 Å². The van der Waals surface area contributed by atoms with Crippen LogP contribution in [-0.4, -0.2) is 10.4 Å². The Morgan fingerprint density at radius 3 is 2.38 bits per heavy atom. The summed E-state index contributed by atoms with van der Waals surface area (Å²) in [6.45, 7) is 3.46. The number of hydrogen-bond donors (Lipinski definition) is 0. The van der Waals surface area contributed by atoms with Gasteiger partial charge in [-0.1, -0.05) is 30.3 Å². The molecule has 0 saturated carbocycles. The summed E-state index contributed by atoms with van der Waals surface area (Å²) in [5.74, 6) is -0.218. The standard InChI is InChI=1S/C21H17FN2O2/c1-14-20(15(2)25)24(18-10-8-17(22)9-11-18)19(12-23)21(14)26-13-16-6-4-3-5-7-16/h3-11H,13H2,1-2H3. The molecule has 3 aromatic rings. The van der Waals surface area contributed by atoms with Gasteiger partial charge in [-0.15, -0.1) is 0 Å². The van der Waals surface area contributed by atoms with Gasteiger partial charge in [-0.05, 0) is 36.8 Å². The van der Waals surface area contributed by atoms with Crippen molar-refractivity contribution in [2.24, 2.45) is 0 Å². The number of nitriles is 1. The second-order valence-electron chi connectivity index (χ2n) is 5.91. The minimum atomic E-state index is -0.388. The maximum atomic E-state index is 13.3. The lowest BCUT2D eigenvalue weighted by Crippen LogP contribution is -2.07. The summed E-state index contributed by atoms with van der Waals surface area (Å²) in [6, 6.07) is 17.3. The highest BCUT2D eigenvalue weighted by Gasteiger charge is 2.25. The van der Waals surface area contributed by atoms with Crippen LogP contribution >= 0.6 is 0 Å². The molecular weight excluding hydrogens is 331 g/mol. The minimum absolute atomic E-state index is 0.196. The molecule has 0 radical (unpaired) electrons. The second-order valence-corrected chi connectivity index (χ2v) is 5.91. The summed E-state index contributed by atoms with van der Waals surface area (Å²) in [5, 5.41) is 9.70. The highest BCUT2D eigenvalue weighted by Crippen LogP contribution is 2.33. The number of hydrogen-bond acceptors (Lipinski definition) is 3. The molecule has 0 spiro atoms. The van der Waals surface area contributed by atoms with Crippen LogP contribution in [0.3, 0.4) is 0 Å². The zero-order valence-corrected chi connectivity index (χ0v) is 14.5. The molecule has 1 heterocycles. The molecule has 0 aliphatic heterocycles. The molecule has 1 aromatic heterocycles. The molecular formula is C21H17FN2O2. The zero-order valence-electron chi connectivity index (χ0n) is 14.5. The van der Waals surface area contributed by atoms with Gasteiger partial charge in [0.25, 0.3) is 0 Å². The summed E-state index contributed by atoms with van der Waals surface area (Å²) >= 11 is 0. The van der Waals surface area contributed by atoms with Crippen molar-refractivity contribution in [1.82, 2.24) is 4.57 Å². The highest BCUT2D eigenvalue weighted by atomic mass is 19.1. The van der Waals surface area contributed by atoms with Gasteiger partial charge in [0, 0.05) is 18.2 Å². The highest BCUT2D eigenvalue weighted by molar-refractivity contribution is 5.96. The maximum absolute atomic E-state index is 13.3. The SMILES string of the molecule is CC(=O)c1c(C)c(OCc2ccccc2)c(C#N)n1-c1ccc(F)cc1. The van der Waals surface area contributed by atoms with Crippen molar-refractivity contribution < 1.29 is 13.9 Å². The van der Waals surface area contributed by atoms with Crippen LogP contribution in [0.4, 0.5) is 4.39 Å². The molecule has 0 aliphatic rings. The number of ether oxygens (including phenoxy) is 1. The van der Waals surface area contributed by atoms with Gasteiger partial charge in [-0.25, -0.2) is 4.39 Å². The Hall–Kier alpha value is -3.39. The van der Waals surface area contributed by atoms with Crippen molar-refractivity contribution in [3.8, 4) is 17.5 Å². The van der Waals surface area contributed by atoms with Gasteiger partial charge in [0.15, 0.2) is 17.2 Å². The van der Waals surface area contributed by atoms with Crippen molar-refractivity contribution in [2.45, 2.75) is 20.5 Å². The van der Waals surface area contributed by atoms with Crippen LogP contribution in [0, 0.1) is 24.1 Å². The molecule has 5 heteroatoms. The number of ketones is 1. The Kier molecular flexibility index (Phi) is 4.85. The molecule has 4 nitrogen and oxygen atoms in total. The number of halogens is 1. The molecule has 130 valence electrons. The Morgan fingerprint density at radius 1 is 1.15 bits per heavy atom. The normalized spacial score (nSPS) is 10.4. The molecule has 0 amide bonds. The van der Waals surface area contributed by atoms with Crippen LogP contribution < -0.4 is 4.74 Å². The predicted octanol–water partition coefficient (Wildman–Crippen LogP) is 4.58. The van der Waals surface area contributed by atoms with E-state index in [4.69, 9.17) is 4.74 Å². The van der Waals surface area contributed by atoms with Gasteiger partial charge < -0.3 is 4.74 Å². The molecule has 0 unspecified atom stereocenters. The summed E-state index contributed by atoms with van der Waals surface area (Å²) in [7, 11) is 0. The van der Waals surface area contributed by atoms with Crippen LogP contribution in [-0.2, 0) is 6.61 Å². The van der Waals surface area contributed by atoms with E-state index in [0.29, 0.717) is 22.7 Å². The number of carbonyl (C=O) groups excluding carboxylic acids is 1. The lowest BCUT2D eigenvalue weighted by Gasteiger charge is -2.09. The first-order chi connectivity index (χ1) is 12.5. The second kappa shape index (κ2) is 7.24. The van der Waals surface area contributed by atoms with E-state index in [1.807, 2.05) is 30.3 Å². The zero-order chi connectivity index (χ0) is 18.7. The summed E-state index contributed by atoms with van der Waals surface area (Å²) < 4.78 is 20.7. The van der Waals surface area contributed by atoms with E-state index in [2.05, 4.69) is 6.07 Å². The Balaban J connectivity index is 2.10. The lowest BCUT2D eigenvalue weighted by molar-refractivity contribution is 0.101. The van der Waals surface area contributed by atoms with Crippen molar-refractivity contribution in [1.29, 1.82) is 5.26 Å². The largest absolute Gasteiger partial charge is 0.486 e. The van der Waals surface area contributed by atoms with Crippen LogP contribution in [0.2, 0.25) is 0 Å². The van der Waals surface area contributed by atoms with Gasteiger partial charge in [0.2, 0.25) is 0 Å². The fraction of sp³-hybridized carbons (Fsp3) is 0.143. The molecule has 0 aliphatic carbocycles.